The van der Waals surface area contributed by atoms with Crippen molar-refractivity contribution in [2.45, 2.75) is 6.61 Å². The van der Waals surface area contributed by atoms with Gasteiger partial charge in [0.1, 0.15) is 18.6 Å². The van der Waals surface area contributed by atoms with E-state index in [1.54, 1.807) is 12.5 Å². The van der Waals surface area contributed by atoms with Crippen LogP contribution in [0, 0.1) is 0 Å². The van der Waals surface area contributed by atoms with Gasteiger partial charge in [0.05, 0.1) is 6.20 Å². The maximum absolute atomic E-state index is 5.50. The highest BCUT2D eigenvalue weighted by atomic mass is 79.9. The molecule has 0 aliphatic heterocycles. The second kappa shape index (κ2) is 4.28. The predicted octanol–water partition coefficient (Wildman–Crippen LogP) is 3.02. The van der Waals surface area contributed by atoms with Crippen molar-refractivity contribution in [1.82, 2.24) is 5.16 Å². The summed E-state index contributed by atoms with van der Waals surface area (Å²) in [5.41, 5.74) is 0.921. The minimum atomic E-state index is 0.472. The number of hydrogen-bond donors (Lipinski definition) is 0. The minimum absolute atomic E-state index is 0.472. The van der Waals surface area contributed by atoms with Gasteiger partial charge in [0.25, 0.3) is 0 Å². The van der Waals surface area contributed by atoms with E-state index in [4.69, 9.17) is 4.74 Å². The zero-order valence-electron chi connectivity index (χ0n) is 7.31. The van der Waals surface area contributed by atoms with Crippen molar-refractivity contribution in [1.29, 1.82) is 0 Å². The molecule has 0 amide bonds. The van der Waals surface area contributed by atoms with Crippen LogP contribution in [0.5, 0.6) is 5.75 Å². The fourth-order valence-electron chi connectivity index (χ4n) is 1.02. The third kappa shape index (κ3) is 2.35. The van der Waals surface area contributed by atoms with E-state index < -0.39 is 0 Å². The second-order valence-corrected chi connectivity index (χ2v) is 3.69. The Labute approximate surface area is 89.8 Å². The van der Waals surface area contributed by atoms with Gasteiger partial charge in [-0.1, -0.05) is 27.2 Å². The molecule has 0 fully saturated rings. The van der Waals surface area contributed by atoms with Crippen LogP contribution in [0.1, 0.15) is 5.56 Å². The van der Waals surface area contributed by atoms with Crippen LogP contribution in [0.2, 0.25) is 0 Å². The van der Waals surface area contributed by atoms with Crippen molar-refractivity contribution in [3.05, 3.63) is 46.8 Å². The smallest absolute Gasteiger partial charge is 0.130 e. The Balaban J connectivity index is 1.98. The molecule has 1 heterocycles. The number of halogens is 1. The highest BCUT2D eigenvalue weighted by molar-refractivity contribution is 9.10. The van der Waals surface area contributed by atoms with E-state index in [2.05, 4.69) is 25.6 Å². The monoisotopic (exact) mass is 253 g/mol. The van der Waals surface area contributed by atoms with E-state index in [9.17, 15) is 0 Å². The van der Waals surface area contributed by atoms with Crippen LogP contribution < -0.4 is 4.74 Å². The molecule has 0 saturated carbocycles. The van der Waals surface area contributed by atoms with Crippen LogP contribution in [0.4, 0.5) is 0 Å². The van der Waals surface area contributed by atoms with Crippen LogP contribution in [0.15, 0.2) is 45.7 Å². The number of aromatic nitrogens is 1. The lowest BCUT2D eigenvalue weighted by molar-refractivity contribution is 0.304. The van der Waals surface area contributed by atoms with Crippen LogP contribution in [0.3, 0.4) is 0 Å². The lowest BCUT2D eigenvalue weighted by Gasteiger charge is -2.03. The Morgan fingerprint density at radius 3 is 3.07 bits per heavy atom. The Kier molecular flexibility index (Phi) is 2.84. The van der Waals surface area contributed by atoms with Crippen LogP contribution in [-0.2, 0) is 6.61 Å². The zero-order valence-corrected chi connectivity index (χ0v) is 8.90. The van der Waals surface area contributed by atoms with Crippen molar-refractivity contribution >= 4 is 15.9 Å². The van der Waals surface area contributed by atoms with Gasteiger partial charge in [0.2, 0.25) is 0 Å². The predicted molar refractivity (Wildman–Crippen MR) is 55.0 cm³/mol. The summed E-state index contributed by atoms with van der Waals surface area (Å²) < 4.78 is 11.2. The molecule has 0 atom stereocenters. The van der Waals surface area contributed by atoms with Crippen LogP contribution in [-0.4, -0.2) is 5.16 Å². The standard InChI is InChI=1S/C10H8BrNO2/c11-9-2-1-3-10(4-9)13-6-8-5-12-14-7-8/h1-5,7H,6H2. The van der Waals surface area contributed by atoms with Gasteiger partial charge in [-0.05, 0) is 18.2 Å². The SMILES string of the molecule is Brc1cccc(OCc2cnoc2)c1. The summed E-state index contributed by atoms with van der Waals surface area (Å²) in [4.78, 5) is 0. The molecule has 0 radical (unpaired) electrons. The topological polar surface area (TPSA) is 35.3 Å². The van der Waals surface area contributed by atoms with Gasteiger partial charge >= 0.3 is 0 Å². The average molecular weight is 254 g/mol. The molecule has 14 heavy (non-hydrogen) atoms. The Bertz CT molecular complexity index is 400. The van der Waals surface area contributed by atoms with Crippen LogP contribution in [0.25, 0.3) is 0 Å². The molecule has 0 N–H and O–H groups in total. The third-order valence-electron chi connectivity index (χ3n) is 1.69. The summed E-state index contributed by atoms with van der Waals surface area (Å²) in [6, 6.07) is 7.69. The second-order valence-electron chi connectivity index (χ2n) is 2.78. The average Bonchev–Trinajstić information content (AvgIpc) is 2.67. The first-order chi connectivity index (χ1) is 6.84. The summed E-state index contributed by atoms with van der Waals surface area (Å²) in [5, 5.41) is 3.59. The van der Waals surface area contributed by atoms with Gasteiger partial charge in [-0.15, -0.1) is 0 Å². The highest BCUT2D eigenvalue weighted by Gasteiger charge is 1.98. The van der Waals surface area contributed by atoms with Gasteiger partial charge in [0.15, 0.2) is 0 Å². The fraction of sp³-hybridized carbons (Fsp3) is 0.100. The van der Waals surface area contributed by atoms with Gasteiger partial charge in [-0.3, -0.25) is 0 Å². The van der Waals surface area contributed by atoms with Crippen molar-refractivity contribution in [2.75, 3.05) is 0 Å². The summed E-state index contributed by atoms with van der Waals surface area (Å²) in [6.45, 7) is 0.472. The van der Waals surface area contributed by atoms with E-state index in [0.717, 1.165) is 15.8 Å². The molecule has 2 aromatic rings. The van der Waals surface area contributed by atoms with E-state index in [1.807, 2.05) is 24.3 Å². The molecule has 4 heteroatoms. The first-order valence-corrected chi connectivity index (χ1v) is 4.90. The van der Waals surface area contributed by atoms with E-state index in [1.165, 1.54) is 0 Å². The molecule has 72 valence electrons. The molecule has 1 aromatic carbocycles. The largest absolute Gasteiger partial charge is 0.489 e. The lowest BCUT2D eigenvalue weighted by Crippen LogP contribution is -1.93. The molecule has 0 aliphatic carbocycles. The molecule has 0 bridgehead atoms. The van der Waals surface area contributed by atoms with Crippen molar-refractivity contribution < 1.29 is 9.26 Å². The number of rotatable bonds is 3. The summed E-state index contributed by atoms with van der Waals surface area (Å²) in [5.74, 6) is 0.820. The molecule has 1 aromatic heterocycles. The molecule has 3 nitrogen and oxygen atoms in total. The number of benzene rings is 1. The van der Waals surface area contributed by atoms with Crippen molar-refractivity contribution in [3.63, 3.8) is 0 Å². The number of nitrogens with zero attached hydrogens (tertiary/aromatic N) is 1. The Morgan fingerprint density at radius 2 is 2.36 bits per heavy atom. The van der Waals surface area contributed by atoms with Gasteiger partial charge in [0, 0.05) is 10.0 Å². The Morgan fingerprint density at radius 1 is 1.43 bits per heavy atom. The molecular formula is C10H8BrNO2. The molecule has 2 rings (SSSR count). The van der Waals surface area contributed by atoms with E-state index in [-0.39, 0.29) is 0 Å². The zero-order chi connectivity index (χ0) is 9.80. The van der Waals surface area contributed by atoms with Crippen molar-refractivity contribution in [2.24, 2.45) is 0 Å². The minimum Gasteiger partial charge on any atom is -0.489 e. The maximum Gasteiger partial charge on any atom is 0.130 e. The maximum atomic E-state index is 5.50. The van der Waals surface area contributed by atoms with Crippen LogP contribution >= 0.6 is 15.9 Å². The van der Waals surface area contributed by atoms with Gasteiger partial charge < -0.3 is 9.26 Å². The molecule has 0 aliphatic rings. The first-order valence-electron chi connectivity index (χ1n) is 4.11. The highest BCUT2D eigenvalue weighted by Crippen LogP contribution is 2.18. The quantitative estimate of drug-likeness (QED) is 0.844. The van der Waals surface area contributed by atoms with Gasteiger partial charge in [-0.2, -0.15) is 0 Å². The van der Waals surface area contributed by atoms with E-state index >= 15 is 0 Å². The summed E-state index contributed by atoms with van der Waals surface area (Å²) >= 11 is 3.37. The summed E-state index contributed by atoms with van der Waals surface area (Å²) in [7, 11) is 0. The fourth-order valence-corrected chi connectivity index (χ4v) is 1.40. The van der Waals surface area contributed by atoms with Gasteiger partial charge in [-0.25, -0.2) is 0 Å². The van der Waals surface area contributed by atoms with Crippen molar-refractivity contribution in [3.8, 4) is 5.75 Å². The molecule has 0 spiro atoms. The number of ether oxygens (including phenoxy) is 1. The molecule has 0 saturated heterocycles. The lowest BCUT2D eigenvalue weighted by atomic mass is 10.3. The Hall–Kier alpha value is -1.29. The molecule has 0 unspecified atom stereocenters. The molecular weight excluding hydrogens is 246 g/mol. The first kappa shape index (κ1) is 9.27. The normalized spacial score (nSPS) is 10.1. The number of hydrogen-bond acceptors (Lipinski definition) is 3. The summed E-state index contributed by atoms with van der Waals surface area (Å²) in [6.07, 6.45) is 3.20. The third-order valence-corrected chi connectivity index (χ3v) is 2.18. The van der Waals surface area contributed by atoms with E-state index in [0.29, 0.717) is 6.61 Å².